The predicted molar refractivity (Wildman–Crippen MR) is 72.7 cm³/mol. The summed E-state index contributed by atoms with van der Waals surface area (Å²) in [5, 5.41) is 0. The number of alkyl halides is 3. The van der Waals surface area contributed by atoms with E-state index in [0.29, 0.717) is 12.1 Å². The zero-order valence-electron chi connectivity index (χ0n) is 12.5. The third-order valence-corrected chi connectivity index (χ3v) is 3.24. The molecule has 0 atom stereocenters. The maximum atomic E-state index is 14.2. The number of carbonyl (C=O) groups is 1. The third kappa shape index (κ3) is 3.31. The average Bonchev–Trinajstić information content (AvgIpc) is 2.53. The minimum atomic E-state index is -5.03. The number of esters is 1. The number of rotatable bonds is 3. The summed E-state index contributed by atoms with van der Waals surface area (Å²) in [6.07, 6.45) is -5.03. The molecule has 0 heterocycles. The van der Waals surface area contributed by atoms with Crippen molar-refractivity contribution in [2.24, 2.45) is 0 Å². The molecular weight excluding hydrogens is 357 g/mol. The van der Waals surface area contributed by atoms with E-state index < -0.39 is 57.7 Å². The van der Waals surface area contributed by atoms with E-state index in [1.807, 2.05) is 0 Å². The Morgan fingerprint density at radius 2 is 1.48 bits per heavy atom. The zero-order chi connectivity index (χ0) is 18.9. The van der Waals surface area contributed by atoms with Crippen LogP contribution in [0.4, 0.5) is 30.7 Å². The van der Waals surface area contributed by atoms with Crippen LogP contribution < -0.4 is 0 Å². The van der Waals surface area contributed by atoms with Crippen molar-refractivity contribution >= 4 is 5.97 Å². The van der Waals surface area contributed by atoms with Crippen LogP contribution in [0.2, 0.25) is 0 Å². The Morgan fingerprint density at radius 1 is 0.960 bits per heavy atom. The summed E-state index contributed by atoms with van der Waals surface area (Å²) in [6.45, 7) is 0.952. The topological polar surface area (TPSA) is 26.3 Å². The van der Waals surface area contributed by atoms with Gasteiger partial charge in [0.2, 0.25) is 0 Å². The molecular formula is C16H9F7O2. The van der Waals surface area contributed by atoms with Gasteiger partial charge in [0.15, 0.2) is 23.3 Å². The monoisotopic (exact) mass is 366 g/mol. The largest absolute Gasteiger partial charge is 0.462 e. The SMILES string of the molecule is CCOC(=O)c1c(F)c(F)c(-c2ccccc2C(F)(F)F)c(F)c1F. The molecule has 2 aromatic rings. The van der Waals surface area contributed by atoms with Gasteiger partial charge in [0.25, 0.3) is 0 Å². The molecule has 134 valence electrons. The van der Waals surface area contributed by atoms with Gasteiger partial charge in [0.1, 0.15) is 5.56 Å². The van der Waals surface area contributed by atoms with E-state index in [9.17, 15) is 35.5 Å². The fourth-order valence-electron chi connectivity index (χ4n) is 2.20. The van der Waals surface area contributed by atoms with Gasteiger partial charge in [-0.05, 0) is 18.6 Å². The molecule has 0 aliphatic carbocycles. The first-order valence-corrected chi connectivity index (χ1v) is 6.80. The quantitative estimate of drug-likeness (QED) is 0.429. The van der Waals surface area contributed by atoms with Crippen LogP contribution in [0.3, 0.4) is 0 Å². The van der Waals surface area contributed by atoms with E-state index in [4.69, 9.17) is 0 Å². The minimum Gasteiger partial charge on any atom is -0.462 e. The standard InChI is InChI=1S/C16H9F7O2/c1-2-25-15(24)10-13(19)11(17)9(12(18)14(10)20)7-5-3-4-6-8(7)16(21,22)23/h3-6H,2H2,1H3. The van der Waals surface area contributed by atoms with Crippen molar-refractivity contribution in [1.82, 2.24) is 0 Å². The van der Waals surface area contributed by atoms with Crippen molar-refractivity contribution in [3.8, 4) is 11.1 Å². The highest BCUT2D eigenvalue weighted by Gasteiger charge is 2.37. The molecule has 0 aliphatic heterocycles. The van der Waals surface area contributed by atoms with Crippen LogP contribution in [0.15, 0.2) is 24.3 Å². The maximum absolute atomic E-state index is 14.2. The first kappa shape index (κ1) is 18.8. The van der Waals surface area contributed by atoms with E-state index in [2.05, 4.69) is 4.74 Å². The number of hydrogen-bond acceptors (Lipinski definition) is 2. The van der Waals surface area contributed by atoms with Gasteiger partial charge in [-0.3, -0.25) is 0 Å². The number of halogens is 7. The van der Waals surface area contributed by atoms with Crippen molar-refractivity contribution in [3.05, 3.63) is 58.7 Å². The Bertz CT molecular complexity index is 799. The van der Waals surface area contributed by atoms with Gasteiger partial charge in [0, 0.05) is 0 Å². The Balaban J connectivity index is 2.81. The fourth-order valence-corrected chi connectivity index (χ4v) is 2.20. The molecule has 0 unspecified atom stereocenters. The second kappa shape index (κ2) is 6.73. The second-order valence-electron chi connectivity index (χ2n) is 4.77. The molecule has 25 heavy (non-hydrogen) atoms. The molecule has 2 rings (SSSR count). The van der Waals surface area contributed by atoms with E-state index in [0.717, 1.165) is 12.1 Å². The highest BCUT2D eigenvalue weighted by molar-refractivity contribution is 5.91. The van der Waals surface area contributed by atoms with Gasteiger partial charge in [-0.1, -0.05) is 18.2 Å². The lowest BCUT2D eigenvalue weighted by Crippen LogP contribution is -2.16. The van der Waals surface area contributed by atoms with E-state index in [1.54, 1.807) is 0 Å². The summed E-state index contributed by atoms with van der Waals surface area (Å²) < 4.78 is 99.7. The molecule has 2 nitrogen and oxygen atoms in total. The smallest absolute Gasteiger partial charge is 0.417 e. The van der Waals surface area contributed by atoms with Crippen LogP contribution in [0, 0.1) is 23.3 Å². The molecule has 2 aromatic carbocycles. The van der Waals surface area contributed by atoms with E-state index in [1.165, 1.54) is 6.92 Å². The molecule has 0 aromatic heterocycles. The van der Waals surface area contributed by atoms with Gasteiger partial charge >= 0.3 is 12.1 Å². The van der Waals surface area contributed by atoms with Gasteiger partial charge in [-0.25, -0.2) is 22.4 Å². The van der Waals surface area contributed by atoms with Gasteiger partial charge < -0.3 is 4.74 Å². The summed E-state index contributed by atoms with van der Waals surface area (Å²) in [5.41, 5.74) is -5.80. The first-order valence-electron chi connectivity index (χ1n) is 6.80. The minimum absolute atomic E-state index is 0.334. The van der Waals surface area contributed by atoms with Gasteiger partial charge in [0.05, 0.1) is 17.7 Å². The average molecular weight is 366 g/mol. The normalized spacial score (nSPS) is 11.5. The van der Waals surface area contributed by atoms with Crippen LogP contribution >= 0.6 is 0 Å². The number of carbonyl (C=O) groups excluding carboxylic acids is 1. The number of benzene rings is 2. The fraction of sp³-hybridized carbons (Fsp3) is 0.188. The van der Waals surface area contributed by atoms with Crippen LogP contribution in [0.1, 0.15) is 22.8 Å². The molecule has 0 bridgehead atoms. The van der Waals surface area contributed by atoms with Crippen molar-refractivity contribution in [3.63, 3.8) is 0 Å². The molecule has 0 N–H and O–H groups in total. The lowest BCUT2D eigenvalue weighted by Gasteiger charge is -2.16. The van der Waals surface area contributed by atoms with Crippen molar-refractivity contribution in [2.45, 2.75) is 13.1 Å². The second-order valence-corrected chi connectivity index (χ2v) is 4.77. The summed E-state index contributed by atoms with van der Waals surface area (Å²) >= 11 is 0. The summed E-state index contributed by atoms with van der Waals surface area (Å²) in [6, 6.07) is 3.12. The summed E-state index contributed by atoms with van der Waals surface area (Å²) in [5.74, 6) is -10.2. The lowest BCUT2D eigenvalue weighted by molar-refractivity contribution is -0.137. The lowest BCUT2D eigenvalue weighted by atomic mass is 9.96. The highest BCUT2D eigenvalue weighted by atomic mass is 19.4. The Morgan fingerprint density at radius 3 is 1.96 bits per heavy atom. The Kier molecular flexibility index (Phi) is 5.05. The van der Waals surface area contributed by atoms with Crippen LogP contribution in [-0.2, 0) is 10.9 Å². The van der Waals surface area contributed by atoms with Crippen LogP contribution in [0.5, 0.6) is 0 Å². The van der Waals surface area contributed by atoms with Gasteiger partial charge in [-0.2, -0.15) is 13.2 Å². The molecule has 0 saturated heterocycles. The molecule has 0 fully saturated rings. The summed E-state index contributed by atoms with van der Waals surface area (Å²) in [4.78, 5) is 11.4. The molecule has 0 aliphatic rings. The van der Waals surface area contributed by atoms with Gasteiger partial charge in [-0.15, -0.1) is 0 Å². The first-order chi connectivity index (χ1) is 11.6. The summed E-state index contributed by atoms with van der Waals surface area (Å²) in [7, 11) is 0. The van der Waals surface area contributed by atoms with Crippen molar-refractivity contribution < 1.29 is 40.3 Å². The van der Waals surface area contributed by atoms with E-state index >= 15 is 0 Å². The third-order valence-electron chi connectivity index (χ3n) is 3.24. The molecule has 9 heteroatoms. The predicted octanol–water partition coefficient (Wildman–Crippen LogP) is 5.11. The van der Waals surface area contributed by atoms with Crippen LogP contribution in [0.25, 0.3) is 11.1 Å². The molecule has 0 amide bonds. The molecule has 0 saturated carbocycles. The Labute approximate surface area is 136 Å². The Hall–Kier alpha value is -2.58. The molecule has 0 radical (unpaired) electrons. The number of hydrogen-bond donors (Lipinski definition) is 0. The zero-order valence-corrected chi connectivity index (χ0v) is 12.5. The van der Waals surface area contributed by atoms with Crippen molar-refractivity contribution in [1.29, 1.82) is 0 Å². The highest BCUT2D eigenvalue weighted by Crippen LogP contribution is 2.40. The number of ether oxygens (including phenoxy) is 1. The molecule has 0 spiro atoms. The maximum Gasteiger partial charge on any atom is 0.417 e. The van der Waals surface area contributed by atoms with E-state index in [-0.39, 0.29) is 6.61 Å². The van der Waals surface area contributed by atoms with Crippen molar-refractivity contribution in [2.75, 3.05) is 6.61 Å². The van der Waals surface area contributed by atoms with Crippen LogP contribution in [-0.4, -0.2) is 12.6 Å².